The van der Waals surface area contributed by atoms with Crippen LogP contribution in [0.5, 0.6) is 0 Å². The normalized spacial score (nSPS) is 15.8. The Morgan fingerprint density at radius 3 is 2.77 bits per heavy atom. The summed E-state index contributed by atoms with van der Waals surface area (Å²) in [6.07, 6.45) is 3.85. The van der Waals surface area contributed by atoms with Crippen LogP contribution in [0.15, 0.2) is 61.3 Å². The molecule has 0 spiro atoms. The van der Waals surface area contributed by atoms with Crippen LogP contribution in [0.3, 0.4) is 0 Å². The number of hydrogen-bond acceptors (Lipinski definition) is 5. The van der Waals surface area contributed by atoms with Crippen molar-refractivity contribution in [1.29, 1.82) is 0 Å². The first-order valence-corrected chi connectivity index (χ1v) is 9.84. The molecule has 1 fully saturated rings. The highest BCUT2D eigenvalue weighted by molar-refractivity contribution is 5.99. The molecule has 0 saturated carbocycles. The lowest BCUT2D eigenvalue weighted by molar-refractivity contribution is -0.111. The van der Waals surface area contributed by atoms with Gasteiger partial charge in [-0.15, -0.1) is 0 Å². The van der Waals surface area contributed by atoms with E-state index in [0.29, 0.717) is 30.3 Å². The monoisotopic (exact) mass is 401 g/mol. The standard InChI is InChI=1S/C23H23N5O2/c1-3-21(29)25-18-8-6-16(7-9-18)22(30)28-11-10-19(14-28)26-23-24-13-17-5-4-15(2)12-20(17)27-23/h3-9,12-13,19H,1,10-11,14H2,2H3,(H,25,29)(H,24,26,27)/t19-/m1/s1. The Morgan fingerprint density at radius 1 is 1.20 bits per heavy atom. The van der Waals surface area contributed by atoms with Gasteiger partial charge < -0.3 is 15.5 Å². The second kappa shape index (κ2) is 8.32. The van der Waals surface area contributed by atoms with E-state index in [0.717, 1.165) is 22.9 Å². The second-order valence-electron chi connectivity index (χ2n) is 7.41. The molecule has 7 heteroatoms. The largest absolute Gasteiger partial charge is 0.350 e. The average molecular weight is 401 g/mol. The number of nitrogens with zero attached hydrogens (tertiary/aromatic N) is 3. The van der Waals surface area contributed by atoms with Gasteiger partial charge in [0.1, 0.15) is 0 Å². The summed E-state index contributed by atoms with van der Waals surface area (Å²) in [5.41, 5.74) is 3.27. The van der Waals surface area contributed by atoms with Crippen molar-refractivity contribution in [3.05, 3.63) is 72.4 Å². The molecule has 0 unspecified atom stereocenters. The number of fused-ring (bicyclic) bond motifs is 1. The van der Waals surface area contributed by atoms with E-state index in [4.69, 9.17) is 0 Å². The highest BCUT2D eigenvalue weighted by atomic mass is 16.2. The van der Waals surface area contributed by atoms with E-state index in [1.54, 1.807) is 24.3 Å². The van der Waals surface area contributed by atoms with Gasteiger partial charge in [0.2, 0.25) is 11.9 Å². The molecule has 2 amide bonds. The van der Waals surface area contributed by atoms with Crippen LogP contribution in [-0.4, -0.2) is 45.8 Å². The summed E-state index contributed by atoms with van der Waals surface area (Å²) in [6, 6.07) is 13.1. The lowest BCUT2D eigenvalue weighted by atomic mass is 10.2. The van der Waals surface area contributed by atoms with E-state index in [9.17, 15) is 9.59 Å². The predicted molar refractivity (Wildman–Crippen MR) is 117 cm³/mol. The minimum atomic E-state index is -0.284. The maximum absolute atomic E-state index is 12.8. The molecule has 0 aliphatic carbocycles. The zero-order valence-electron chi connectivity index (χ0n) is 16.8. The molecular formula is C23H23N5O2. The fourth-order valence-corrected chi connectivity index (χ4v) is 3.52. The number of benzene rings is 2. The van der Waals surface area contributed by atoms with E-state index < -0.39 is 0 Å². The molecule has 0 radical (unpaired) electrons. The van der Waals surface area contributed by atoms with Gasteiger partial charge in [-0.2, -0.15) is 0 Å². The van der Waals surface area contributed by atoms with E-state index in [1.165, 1.54) is 6.08 Å². The Bertz CT molecular complexity index is 1110. The third-order valence-electron chi connectivity index (χ3n) is 5.13. The van der Waals surface area contributed by atoms with Crippen molar-refractivity contribution < 1.29 is 9.59 Å². The zero-order chi connectivity index (χ0) is 21.1. The highest BCUT2D eigenvalue weighted by Crippen LogP contribution is 2.19. The number of anilines is 2. The lowest BCUT2D eigenvalue weighted by Gasteiger charge is -2.17. The van der Waals surface area contributed by atoms with Gasteiger partial charge in [0.05, 0.1) is 5.52 Å². The van der Waals surface area contributed by atoms with Crippen molar-refractivity contribution in [3.8, 4) is 0 Å². The zero-order valence-corrected chi connectivity index (χ0v) is 16.8. The number of hydrogen-bond donors (Lipinski definition) is 2. The molecule has 30 heavy (non-hydrogen) atoms. The van der Waals surface area contributed by atoms with Crippen molar-refractivity contribution in [2.45, 2.75) is 19.4 Å². The number of carbonyl (C=O) groups excluding carboxylic acids is 2. The number of aromatic nitrogens is 2. The summed E-state index contributed by atoms with van der Waals surface area (Å²) in [7, 11) is 0. The van der Waals surface area contributed by atoms with E-state index >= 15 is 0 Å². The van der Waals surface area contributed by atoms with Gasteiger partial charge in [-0.3, -0.25) is 9.59 Å². The van der Waals surface area contributed by atoms with Crippen LogP contribution in [-0.2, 0) is 4.79 Å². The van der Waals surface area contributed by atoms with Gasteiger partial charge in [0.15, 0.2) is 0 Å². The Kier molecular flexibility index (Phi) is 5.43. The number of aryl methyl sites for hydroxylation is 1. The quantitative estimate of drug-likeness (QED) is 0.640. The van der Waals surface area contributed by atoms with Crippen LogP contribution in [0.25, 0.3) is 10.9 Å². The molecule has 2 heterocycles. The smallest absolute Gasteiger partial charge is 0.253 e. The average Bonchev–Trinajstić information content (AvgIpc) is 3.22. The van der Waals surface area contributed by atoms with Crippen LogP contribution in [0.4, 0.5) is 11.6 Å². The van der Waals surface area contributed by atoms with Crippen molar-refractivity contribution in [2.24, 2.45) is 0 Å². The summed E-state index contributed by atoms with van der Waals surface area (Å²) in [5, 5.41) is 7.03. The van der Waals surface area contributed by atoms with Crippen molar-refractivity contribution >= 4 is 34.4 Å². The van der Waals surface area contributed by atoms with Gasteiger partial charge in [-0.25, -0.2) is 9.97 Å². The Balaban J connectivity index is 1.38. The highest BCUT2D eigenvalue weighted by Gasteiger charge is 2.27. The van der Waals surface area contributed by atoms with Gasteiger partial charge >= 0.3 is 0 Å². The van der Waals surface area contributed by atoms with Crippen LogP contribution < -0.4 is 10.6 Å². The molecule has 1 atom stereocenters. The summed E-state index contributed by atoms with van der Waals surface area (Å²) in [6.45, 7) is 6.71. The molecule has 0 bridgehead atoms. The molecule has 152 valence electrons. The minimum absolute atomic E-state index is 0.0315. The first kappa shape index (κ1) is 19.6. The summed E-state index contributed by atoms with van der Waals surface area (Å²) in [4.78, 5) is 35.0. The van der Waals surface area contributed by atoms with E-state index in [-0.39, 0.29) is 17.9 Å². The molecule has 1 saturated heterocycles. The Morgan fingerprint density at radius 2 is 2.00 bits per heavy atom. The fraction of sp³-hybridized carbons (Fsp3) is 0.217. The topological polar surface area (TPSA) is 87.2 Å². The molecule has 1 aromatic heterocycles. The molecule has 1 aliphatic heterocycles. The van der Waals surface area contributed by atoms with Gasteiger partial charge in [0, 0.05) is 42.0 Å². The maximum atomic E-state index is 12.8. The van der Waals surface area contributed by atoms with Crippen LogP contribution >= 0.6 is 0 Å². The first-order chi connectivity index (χ1) is 14.5. The third-order valence-corrected chi connectivity index (χ3v) is 5.13. The van der Waals surface area contributed by atoms with Gasteiger partial charge in [-0.05, 0) is 55.3 Å². The minimum Gasteiger partial charge on any atom is -0.350 e. The number of carbonyl (C=O) groups is 2. The Labute approximate surface area is 174 Å². The van der Waals surface area contributed by atoms with Gasteiger partial charge in [0.25, 0.3) is 5.91 Å². The Hall–Kier alpha value is -3.74. The number of likely N-dealkylation sites (tertiary alicyclic amines) is 1. The van der Waals surface area contributed by atoms with E-state index in [2.05, 4.69) is 27.2 Å². The van der Waals surface area contributed by atoms with Crippen molar-refractivity contribution in [3.63, 3.8) is 0 Å². The fourth-order valence-electron chi connectivity index (χ4n) is 3.52. The number of rotatable bonds is 5. The van der Waals surface area contributed by atoms with Crippen molar-refractivity contribution in [2.75, 3.05) is 23.7 Å². The summed E-state index contributed by atoms with van der Waals surface area (Å²) >= 11 is 0. The molecule has 7 nitrogen and oxygen atoms in total. The van der Waals surface area contributed by atoms with Crippen LogP contribution in [0.1, 0.15) is 22.3 Å². The molecule has 2 N–H and O–H groups in total. The van der Waals surface area contributed by atoms with Crippen molar-refractivity contribution in [1.82, 2.24) is 14.9 Å². The van der Waals surface area contributed by atoms with Gasteiger partial charge in [-0.1, -0.05) is 18.7 Å². The lowest BCUT2D eigenvalue weighted by Crippen LogP contribution is -2.31. The van der Waals surface area contributed by atoms with Crippen LogP contribution in [0.2, 0.25) is 0 Å². The molecule has 1 aliphatic rings. The molecule has 2 aromatic carbocycles. The molecule has 3 aromatic rings. The summed E-state index contributed by atoms with van der Waals surface area (Å²) < 4.78 is 0. The number of amides is 2. The SMILES string of the molecule is C=CC(=O)Nc1ccc(C(=O)N2CC[C@@H](Nc3ncc4ccc(C)cc4n3)C2)cc1. The van der Waals surface area contributed by atoms with Crippen LogP contribution in [0, 0.1) is 6.92 Å². The summed E-state index contributed by atoms with van der Waals surface area (Å²) in [5.74, 6) is 0.263. The predicted octanol–water partition coefficient (Wildman–Crippen LogP) is 3.39. The van der Waals surface area contributed by atoms with E-state index in [1.807, 2.05) is 36.2 Å². The first-order valence-electron chi connectivity index (χ1n) is 9.84. The molecule has 4 rings (SSSR count). The number of nitrogens with one attached hydrogen (secondary N) is 2. The second-order valence-corrected chi connectivity index (χ2v) is 7.41. The third kappa shape index (κ3) is 4.30. The molecular weight excluding hydrogens is 378 g/mol. The maximum Gasteiger partial charge on any atom is 0.253 e.